The fraction of sp³-hybridized carbons (Fsp3) is 0.357. The van der Waals surface area contributed by atoms with Crippen molar-refractivity contribution in [3.63, 3.8) is 0 Å². The van der Waals surface area contributed by atoms with Gasteiger partial charge >= 0.3 is 0 Å². The molecule has 4 nitrogen and oxygen atoms in total. The van der Waals surface area contributed by atoms with Crippen LogP contribution in [0.5, 0.6) is 5.75 Å². The number of aryl methyl sites for hydroxylation is 1. The summed E-state index contributed by atoms with van der Waals surface area (Å²) in [7, 11) is 3.63. The van der Waals surface area contributed by atoms with Crippen LogP contribution in [0.3, 0.4) is 0 Å². The Bertz CT molecular complexity index is 520. The van der Waals surface area contributed by atoms with Gasteiger partial charge in [0.1, 0.15) is 5.75 Å². The molecule has 18 heavy (non-hydrogen) atoms. The molecule has 0 saturated heterocycles. The lowest BCUT2D eigenvalue weighted by molar-refractivity contribution is 0.408. The zero-order valence-electron chi connectivity index (χ0n) is 11.1. The topological polar surface area (TPSA) is 39.1 Å². The monoisotopic (exact) mass is 245 g/mol. The summed E-state index contributed by atoms with van der Waals surface area (Å²) in [5.74, 6) is 0.913. The Balaban J connectivity index is 2.36. The quantitative estimate of drug-likeness (QED) is 0.878. The van der Waals surface area contributed by atoms with Gasteiger partial charge in [-0.15, -0.1) is 0 Å². The van der Waals surface area contributed by atoms with Gasteiger partial charge in [-0.25, -0.2) is 0 Å². The van der Waals surface area contributed by atoms with Gasteiger partial charge in [-0.2, -0.15) is 5.10 Å². The molecule has 2 rings (SSSR count). The van der Waals surface area contributed by atoms with E-state index in [4.69, 9.17) is 4.74 Å². The summed E-state index contributed by atoms with van der Waals surface area (Å²) in [6.07, 6.45) is 3.96. The maximum atomic E-state index is 5.35. The second-order valence-electron chi connectivity index (χ2n) is 4.14. The number of methoxy groups -OCH3 is 1. The third-order valence-corrected chi connectivity index (χ3v) is 2.94. The van der Waals surface area contributed by atoms with E-state index in [1.807, 2.05) is 24.0 Å². The average Bonchev–Trinajstić information content (AvgIpc) is 2.88. The normalized spacial score (nSPS) is 10.6. The molecule has 1 heterocycles. The number of hydrogen-bond acceptors (Lipinski definition) is 3. The summed E-state index contributed by atoms with van der Waals surface area (Å²) in [6, 6.07) is 6.21. The zero-order chi connectivity index (χ0) is 13.0. The average molecular weight is 245 g/mol. The van der Waals surface area contributed by atoms with E-state index >= 15 is 0 Å². The number of benzene rings is 1. The van der Waals surface area contributed by atoms with Gasteiger partial charge in [0, 0.05) is 30.4 Å². The molecule has 0 spiro atoms. The van der Waals surface area contributed by atoms with E-state index in [2.05, 4.69) is 35.7 Å². The molecular formula is C14H19N3O. The fourth-order valence-electron chi connectivity index (χ4n) is 1.97. The number of nitrogens with one attached hydrogen (secondary N) is 1. The van der Waals surface area contributed by atoms with Crippen LogP contribution in [0.25, 0.3) is 11.1 Å². The van der Waals surface area contributed by atoms with Crippen LogP contribution < -0.4 is 10.1 Å². The van der Waals surface area contributed by atoms with Gasteiger partial charge in [0.05, 0.1) is 13.3 Å². The maximum absolute atomic E-state index is 5.35. The van der Waals surface area contributed by atoms with Crippen molar-refractivity contribution < 1.29 is 4.74 Å². The molecule has 0 aliphatic rings. The minimum Gasteiger partial charge on any atom is -0.496 e. The lowest BCUT2D eigenvalue weighted by Crippen LogP contribution is -2.06. The van der Waals surface area contributed by atoms with Crippen molar-refractivity contribution in [3.8, 4) is 16.9 Å². The van der Waals surface area contributed by atoms with Gasteiger partial charge in [0.25, 0.3) is 0 Å². The summed E-state index contributed by atoms with van der Waals surface area (Å²) >= 11 is 0. The lowest BCUT2D eigenvalue weighted by atomic mass is 10.1. The molecule has 4 heteroatoms. The molecule has 0 bridgehead atoms. The van der Waals surface area contributed by atoms with Crippen LogP contribution in [0.2, 0.25) is 0 Å². The van der Waals surface area contributed by atoms with Crippen LogP contribution >= 0.6 is 0 Å². The third-order valence-electron chi connectivity index (χ3n) is 2.94. The van der Waals surface area contributed by atoms with Crippen molar-refractivity contribution in [1.82, 2.24) is 15.1 Å². The van der Waals surface area contributed by atoms with Crippen LogP contribution in [0.15, 0.2) is 30.6 Å². The molecule has 96 valence electrons. The third kappa shape index (κ3) is 2.54. The SMILES string of the molecule is CCn1cc(-c2ccc(OC)c(CNC)c2)cn1. The highest BCUT2D eigenvalue weighted by Gasteiger charge is 2.06. The highest BCUT2D eigenvalue weighted by molar-refractivity contribution is 5.64. The maximum Gasteiger partial charge on any atom is 0.123 e. The van der Waals surface area contributed by atoms with Crippen molar-refractivity contribution in [2.75, 3.05) is 14.2 Å². The molecular weight excluding hydrogens is 226 g/mol. The smallest absolute Gasteiger partial charge is 0.123 e. The van der Waals surface area contributed by atoms with E-state index in [9.17, 15) is 0 Å². The zero-order valence-corrected chi connectivity index (χ0v) is 11.1. The first kappa shape index (κ1) is 12.6. The van der Waals surface area contributed by atoms with E-state index in [-0.39, 0.29) is 0 Å². The second kappa shape index (κ2) is 5.69. The van der Waals surface area contributed by atoms with Crippen LogP contribution in [0.4, 0.5) is 0 Å². The first-order chi connectivity index (χ1) is 8.78. The molecule has 1 aromatic heterocycles. The van der Waals surface area contributed by atoms with Gasteiger partial charge in [0.15, 0.2) is 0 Å². The van der Waals surface area contributed by atoms with E-state index < -0.39 is 0 Å². The van der Waals surface area contributed by atoms with Gasteiger partial charge in [-0.05, 0) is 31.7 Å². The predicted octanol–water partition coefficient (Wildman–Crippen LogP) is 2.30. The number of rotatable bonds is 5. The standard InChI is InChI=1S/C14H19N3O/c1-4-17-10-13(9-16-17)11-5-6-14(18-3)12(7-11)8-15-2/h5-7,9-10,15H,4,8H2,1-3H3. The summed E-state index contributed by atoms with van der Waals surface area (Å²) in [6.45, 7) is 3.76. The van der Waals surface area contributed by atoms with Crippen LogP contribution in [-0.4, -0.2) is 23.9 Å². The molecule has 0 aliphatic heterocycles. The molecule has 0 atom stereocenters. The fourth-order valence-corrected chi connectivity index (χ4v) is 1.97. The van der Waals surface area contributed by atoms with E-state index in [1.54, 1.807) is 7.11 Å². The Kier molecular flexibility index (Phi) is 3.99. The second-order valence-corrected chi connectivity index (χ2v) is 4.14. The minimum atomic E-state index is 0.791. The van der Waals surface area contributed by atoms with Gasteiger partial charge < -0.3 is 10.1 Å². The van der Waals surface area contributed by atoms with Crippen molar-refractivity contribution in [1.29, 1.82) is 0 Å². The number of hydrogen-bond donors (Lipinski definition) is 1. The van der Waals surface area contributed by atoms with E-state index in [0.717, 1.165) is 30.0 Å². The van der Waals surface area contributed by atoms with Crippen LogP contribution in [-0.2, 0) is 13.1 Å². The summed E-state index contributed by atoms with van der Waals surface area (Å²) in [5, 5.41) is 7.45. The van der Waals surface area contributed by atoms with Crippen molar-refractivity contribution in [2.45, 2.75) is 20.0 Å². The number of aromatic nitrogens is 2. The van der Waals surface area contributed by atoms with Gasteiger partial charge in [0.2, 0.25) is 0 Å². The highest BCUT2D eigenvalue weighted by Crippen LogP contribution is 2.26. The first-order valence-corrected chi connectivity index (χ1v) is 6.12. The Hall–Kier alpha value is -1.81. The molecule has 0 radical (unpaired) electrons. The number of nitrogens with zero attached hydrogens (tertiary/aromatic N) is 2. The molecule has 0 amide bonds. The highest BCUT2D eigenvalue weighted by atomic mass is 16.5. The molecule has 0 unspecified atom stereocenters. The Labute approximate surface area is 108 Å². The Morgan fingerprint density at radius 2 is 2.17 bits per heavy atom. The molecule has 0 saturated carbocycles. The molecule has 0 fully saturated rings. The summed E-state index contributed by atoms with van der Waals surface area (Å²) in [5.41, 5.74) is 3.46. The van der Waals surface area contributed by atoms with Crippen molar-refractivity contribution >= 4 is 0 Å². The summed E-state index contributed by atoms with van der Waals surface area (Å²) < 4.78 is 7.28. The van der Waals surface area contributed by atoms with Gasteiger partial charge in [-0.3, -0.25) is 4.68 Å². The lowest BCUT2D eigenvalue weighted by Gasteiger charge is -2.09. The van der Waals surface area contributed by atoms with E-state index in [1.165, 1.54) is 5.56 Å². The first-order valence-electron chi connectivity index (χ1n) is 6.12. The van der Waals surface area contributed by atoms with Crippen LogP contribution in [0.1, 0.15) is 12.5 Å². The van der Waals surface area contributed by atoms with Crippen LogP contribution in [0, 0.1) is 0 Å². The van der Waals surface area contributed by atoms with Crippen molar-refractivity contribution in [2.24, 2.45) is 0 Å². The predicted molar refractivity (Wildman–Crippen MR) is 72.7 cm³/mol. The van der Waals surface area contributed by atoms with E-state index in [0.29, 0.717) is 0 Å². The Morgan fingerprint density at radius 1 is 1.33 bits per heavy atom. The molecule has 0 aliphatic carbocycles. The molecule has 1 aromatic carbocycles. The summed E-state index contributed by atoms with van der Waals surface area (Å²) in [4.78, 5) is 0. The van der Waals surface area contributed by atoms with Crippen molar-refractivity contribution in [3.05, 3.63) is 36.2 Å². The largest absolute Gasteiger partial charge is 0.496 e. The number of ether oxygens (including phenoxy) is 1. The molecule has 1 N–H and O–H groups in total. The molecule has 2 aromatic rings. The minimum absolute atomic E-state index is 0.791. The Morgan fingerprint density at radius 3 is 2.78 bits per heavy atom. The van der Waals surface area contributed by atoms with Gasteiger partial charge in [-0.1, -0.05) is 6.07 Å².